The summed E-state index contributed by atoms with van der Waals surface area (Å²) >= 11 is 0. The quantitative estimate of drug-likeness (QED) is 0.865. The summed E-state index contributed by atoms with van der Waals surface area (Å²) in [5.41, 5.74) is 0.863. The fraction of sp³-hybridized carbons (Fsp3) is 0.769. The molecule has 1 aliphatic rings. The summed E-state index contributed by atoms with van der Waals surface area (Å²) in [6.07, 6.45) is 1.90. The van der Waals surface area contributed by atoms with Gasteiger partial charge in [-0.1, -0.05) is 13.8 Å². The molecule has 2 heterocycles. The Morgan fingerprint density at radius 1 is 1.55 bits per heavy atom. The lowest BCUT2D eigenvalue weighted by Crippen LogP contribution is -2.48. The molecule has 1 aromatic heterocycles. The minimum Gasteiger partial charge on any atom is -0.448 e. The summed E-state index contributed by atoms with van der Waals surface area (Å²) in [5, 5.41) is 9.12. The third-order valence-electron chi connectivity index (χ3n) is 3.66. The zero-order chi connectivity index (χ0) is 14.8. The maximum atomic E-state index is 11.7. The van der Waals surface area contributed by atoms with E-state index in [-0.39, 0.29) is 30.1 Å². The Labute approximate surface area is 119 Å². The molecule has 20 heavy (non-hydrogen) atoms. The van der Waals surface area contributed by atoms with Gasteiger partial charge in [0.25, 0.3) is 0 Å². The highest BCUT2D eigenvalue weighted by molar-refractivity contribution is 7.91. The van der Waals surface area contributed by atoms with Crippen molar-refractivity contribution in [1.29, 1.82) is 0 Å². The van der Waals surface area contributed by atoms with Gasteiger partial charge in [0.1, 0.15) is 5.76 Å². The van der Waals surface area contributed by atoms with Crippen LogP contribution in [0.15, 0.2) is 10.8 Å². The predicted octanol–water partition coefficient (Wildman–Crippen LogP) is 0.779. The standard InChI is InChI=1S/C13H22N2O4S/c1-10(2)13-12(14-9-19-13)7-15-4-6-20(17,18)8-11(15)3-5-16/h9-11,16H,3-8H2,1-2H3. The number of hydrogen-bond donors (Lipinski definition) is 1. The molecule has 1 aromatic rings. The van der Waals surface area contributed by atoms with Crippen molar-refractivity contribution < 1.29 is 17.9 Å². The SMILES string of the molecule is CC(C)c1ocnc1CN1CCS(=O)(=O)CC1CCO. The van der Waals surface area contributed by atoms with E-state index in [4.69, 9.17) is 9.52 Å². The Morgan fingerprint density at radius 2 is 2.30 bits per heavy atom. The zero-order valence-electron chi connectivity index (χ0n) is 11.9. The van der Waals surface area contributed by atoms with E-state index in [1.165, 1.54) is 6.39 Å². The Kier molecular flexibility index (Phi) is 4.82. The average molecular weight is 302 g/mol. The second kappa shape index (κ2) is 6.24. The molecule has 114 valence electrons. The molecule has 6 nitrogen and oxygen atoms in total. The van der Waals surface area contributed by atoms with Crippen molar-refractivity contribution >= 4 is 9.84 Å². The Bertz CT molecular complexity index is 538. The second-order valence-corrected chi connectivity index (χ2v) is 7.80. The third kappa shape index (κ3) is 3.59. The number of sulfone groups is 1. The summed E-state index contributed by atoms with van der Waals surface area (Å²) in [6.45, 7) is 5.12. The van der Waals surface area contributed by atoms with Gasteiger partial charge < -0.3 is 9.52 Å². The topological polar surface area (TPSA) is 83.6 Å². The molecular weight excluding hydrogens is 280 g/mol. The van der Waals surface area contributed by atoms with Gasteiger partial charge in [0.15, 0.2) is 16.2 Å². The Hall–Kier alpha value is -0.920. The van der Waals surface area contributed by atoms with E-state index >= 15 is 0 Å². The molecule has 1 unspecified atom stereocenters. The molecule has 1 fully saturated rings. The highest BCUT2D eigenvalue weighted by atomic mass is 32.2. The van der Waals surface area contributed by atoms with Crippen LogP contribution in [0.4, 0.5) is 0 Å². The van der Waals surface area contributed by atoms with Crippen molar-refractivity contribution in [2.24, 2.45) is 0 Å². The molecule has 0 amide bonds. The lowest BCUT2D eigenvalue weighted by molar-refractivity contribution is 0.161. The van der Waals surface area contributed by atoms with Crippen LogP contribution in [0.3, 0.4) is 0 Å². The van der Waals surface area contributed by atoms with E-state index in [1.807, 2.05) is 13.8 Å². The van der Waals surface area contributed by atoms with Crippen LogP contribution >= 0.6 is 0 Å². The fourth-order valence-corrected chi connectivity index (χ4v) is 4.25. The summed E-state index contributed by atoms with van der Waals surface area (Å²) in [7, 11) is -2.99. The number of oxazole rings is 1. The van der Waals surface area contributed by atoms with Crippen molar-refractivity contribution in [3.05, 3.63) is 17.8 Å². The van der Waals surface area contributed by atoms with Gasteiger partial charge in [-0.25, -0.2) is 13.4 Å². The van der Waals surface area contributed by atoms with Crippen molar-refractivity contribution in [1.82, 2.24) is 9.88 Å². The van der Waals surface area contributed by atoms with E-state index < -0.39 is 9.84 Å². The van der Waals surface area contributed by atoms with Gasteiger partial charge in [-0.15, -0.1) is 0 Å². The monoisotopic (exact) mass is 302 g/mol. The Morgan fingerprint density at radius 3 is 2.95 bits per heavy atom. The summed E-state index contributed by atoms with van der Waals surface area (Å²) < 4.78 is 28.8. The van der Waals surface area contributed by atoms with Crippen molar-refractivity contribution in [3.63, 3.8) is 0 Å². The van der Waals surface area contributed by atoms with Gasteiger partial charge in [-0.05, 0) is 6.42 Å². The van der Waals surface area contributed by atoms with Crippen molar-refractivity contribution in [2.45, 2.75) is 38.8 Å². The predicted molar refractivity (Wildman–Crippen MR) is 75.1 cm³/mol. The van der Waals surface area contributed by atoms with E-state index in [9.17, 15) is 8.42 Å². The van der Waals surface area contributed by atoms with Gasteiger partial charge in [0.05, 0.1) is 17.2 Å². The van der Waals surface area contributed by atoms with E-state index in [2.05, 4.69) is 9.88 Å². The summed E-state index contributed by atoms with van der Waals surface area (Å²) in [4.78, 5) is 6.33. The van der Waals surface area contributed by atoms with Gasteiger partial charge in [-0.3, -0.25) is 4.90 Å². The number of hydrogen-bond acceptors (Lipinski definition) is 6. The van der Waals surface area contributed by atoms with Crippen LogP contribution in [0.5, 0.6) is 0 Å². The number of aromatic nitrogens is 1. The lowest BCUT2D eigenvalue weighted by atomic mass is 10.1. The molecule has 7 heteroatoms. The van der Waals surface area contributed by atoms with Gasteiger partial charge in [0, 0.05) is 31.7 Å². The molecule has 1 atom stereocenters. The third-order valence-corrected chi connectivity index (χ3v) is 5.36. The molecule has 0 radical (unpaired) electrons. The number of rotatable bonds is 5. The van der Waals surface area contributed by atoms with Gasteiger partial charge >= 0.3 is 0 Å². The Balaban J connectivity index is 2.12. The molecule has 2 rings (SSSR count). The summed E-state index contributed by atoms with van der Waals surface area (Å²) in [6, 6.07) is -0.143. The average Bonchev–Trinajstić information content (AvgIpc) is 2.81. The minimum absolute atomic E-state index is 0.00740. The number of aliphatic hydroxyl groups is 1. The molecule has 1 saturated heterocycles. The van der Waals surface area contributed by atoms with Crippen molar-refractivity contribution in [3.8, 4) is 0 Å². The molecule has 0 saturated carbocycles. The number of nitrogens with zero attached hydrogens (tertiary/aromatic N) is 2. The van der Waals surface area contributed by atoms with Crippen LogP contribution in [-0.2, 0) is 16.4 Å². The maximum Gasteiger partial charge on any atom is 0.181 e. The molecule has 1 aliphatic heterocycles. The highest BCUT2D eigenvalue weighted by Crippen LogP contribution is 2.23. The summed E-state index contributed by atoms with van der Waals surface area (Å²) in [5.74, 6) is 1.38. The number of aliphatic hydroxyl groups excluding tert-OH is 1. The first kappa shape index (κ1) is 15.5. The first-order chi connectivity index (χ1) is 9.43. The molecule has 1 N–H and O–H groups in total. The smallest absolute Gasteiger partial charge is 0.181 e. The van der Waals surface area contributed by atoms with E-state index in [0.717, 1.165) is 11.5 Å². The molecule has 0 aliphatic carbocycles. The molecule has 0 bridgehead atoms. The lowest BCUT2D eigenvalue weighted by Gasteiger charge is -2.34. The normalized spacial score (nSPS) is 23.3. The van der Waals surface area contributed by atoms with Crippen LogP contribution in [0.2, 0.25) is 0 Å². The van der Waals surface area contributed by atoms with Crippen LogP contribution in [0.1, 0.15) is 37.6 Å². The van der Waals surface area contributed by atoms with E-state index in [1.54, 1.807) is 0 Å². The van der Waals surface area contributed by atoms with E-state index in [0.29, 0.717) is 19.5 Å². The maximum absolute atomic E-state index is 11.7. The highest BCUT2D eigenvalue weighted by Gasteiger charge is 2.31. The van der Waals surface area contributed by atoms with Crippen LogP contribution < -0.4 is 0 Å². The second-order valence-electron chi connectivity index (χ2n) is 5.57. The molecule has 0 spiro atoms. The molecule has 0 aromatic carbocycles. The van der Waals surface area contributed by atoms with Crippen LogP contribution in [0, 0.1) is 0 Å². The zero-order valence-corrected chi connectivity index (χ0v) is 12.8. The molecular formula is C13H22N2O4S. The van der Waals surface area contributed by atoms with Crippen LogP contribution in [-0.4, -0.2) is 54.1 Å². The first-order valence-corrected chi connectivity index (χ1v) is 8.72. The van der Waals surface area contributed by atoms with Gasteiger partial charge in [0.2, 0.25) is 0 Å². The van der Waals surface area contributed by atoms with Crippen molar-refractivity contribution in [2.75, 3.05) is 24.7 Å². The fourth-order valence-electron chi connectivity index (χ4n) is 2.60. The van der Waals surface area contributed by atoms with Crippen LogP contribution in [0.25, 0.3) is 0 Å². The largest absolute Gasteiger partial charge is 0.448 e. The first-order valence-electron chi connectivity index (χ1n) is 6.90. The minimum atomic E-state index is -2.99. The van der Waals surface area contributed by atoms with Gasteiger partial charge in [-0.2, -0.15) is 0 Å².